The Hall–Kier alpha value is -3.84. The summed E-state index contributed by atoms with van der Waals surface area (Å²) in [6, 6.07) is 2.28. The Balaban J connectivity index is 1.30. The van der Waals surface area contributed by atoms with E-state index in [-0.39, 0.29) is 30.7 Å². The molecular weight excluding hydrogens is 612 g/mol. The third-order valence-electron chi connectivity index (χ3n) is 9.32. The lowest BCUT2D eigenvalue weighted by Crippen LogP contribution is -2.74. The summed E-state index contributed by atoms with van der Waals surface area (Å²) in [5, 5.41) is 14.7. The minimum absolute atomic E-state index is 0.0193. The van der Waals surface area contributed by atoms with Crippen molar-refractivity contribution in [1.29, 1.82) is 0 Å². The van der Waals surface area contributed by atoms with Crippen molar-refractivity contribution in [2.75, 3.05) is 27.3 Å². The first-order valence-corrected chi connectivity index (χ1v) is 16.1. The van der Waals surface area contributed by atoms with Crippen LogP contribution in [0, 0.1) is 5.92 Å². The molecule has 4 aliphatic rings. The number of ether oxygens (including phenoxy) is 6. The van der Waals surface area contributed by atoms with Crippen molar-refractivity contribution in [2.24, 2.45) is 5.92 Å². The molecule has 2 aliphatic heterocycles. The molecule has 13 heteroatoms. The normalized spacial score (nSPS) is 27.0. The van der Waals surface area contributed by atoms with E-state index in [0.717, 1.165) is 11.1 Å². The first kappa shape index (κ1) is 34.5. The van der Waals surface area contributed by atoms with E-state index in [9.17, 15) is 24.3 Å². The van der Waals surface area contributed by atoms with Gasteiger partial charge in [-0.3, -0.25) is 4.79 Å². The van der Waals surface area contributed by atoms with Crippen LogP contribution in [0.1, 0.15) is 71.9 Å². The lowest BCUT2D eigenvalue weighted by atomic mass is 9.50. The van der Waals surface area contributed by atoms with Gasteiger partial charge in [0, 0.05) is 18.0 Å². The molecule has 2 heterocycles. The lowest BCUT2D eigenvalue weighted by Gasteiger charge is -2.61. The summed E-state index contributed by atoms with van der Waals surface area (Å²) < 4.78 is 33.8. The number of benzene rings is 1. The summed E-state index contributed by atoms with van der Waals surface area (Å²) in [5.74, 6) is -1.34. The van der Waals surface area contributed by atoms with Gasteiger partial charge in [0.25, 0.3) is 0 Å². The SMILES string of the molecule is COc1ccc2c3c1O[C@H]1C(OC(=O)[C@H](C)OC(=O)C[C@H](NC(=O)OC(C)(C)C)C(=O)OCC(C)C)=CC[C@@]4(O)[C@@H](C2)N(C)CC[C@]314. The minimum Gasteiger partial charge on any atom is -0.493 e. The average Bonchev–Trinajstić information content (AvgIpc) is 3.33. The Morgan fingerprint density at radius 1 is 1.15 bits per heavy atom. The van der Waals surface area contributed by atoms with Gasteiger partial charge in [-0.05, 0) is 77.8 Å². The van der Waals surface area contributed by atoms with Crippen LogP contribution in [0.3, 0.4) is 0 Å². The number of piperidine rings is 1. The van der Waals surface area contributed by atoms with Crippen molar-refractivity contribution in [2.45, 2.75) is 108 Å². The van der Waals surface area contributed by atoms with Crippen molar-refractivity contribution < 1.29 is 52.7 Å². The van der Waals surface area contributed by atoms with Crippen molar-refractivity contribution in [3.05, 3.63) is 35.1 Å². The van der Waals surface area contributed by atoms with E-state index in [1.165, 1.54) is 6.92 Å². The number of carbonyl (C=O) groups excluding carboxylic acids is 4. The second kappa shape index (κ2) is 12.6. The van der Waals surface area contributed by atoms with Crippen LogP contribution in [0.4, 0.5) is 4.79 Å². The third-order valence-corrected chi connectivity index (χ3v) is 9.32. The Bertz CT molecular complexity index is 1470. The van der Waals surface area contributed by atoms with Gasteiger partial charge < -0.3 is 43.7 Å². The number of hydrogen-bond donors (Lipinski definition) is 2. The predicted molar refractivity (Wildman–Crippen MR) is 167 cm³/mol. The highest BCUT2D eigenvalue weighted by Crippen LogP contribution is 2.65. The van der Waals surface area contributed by atoms with Crippen LogP contribution < -0.4 is 14.8 Å². The molecule has 13 nitrogen and oxygen atoms in total. The van der Waals surface area contributed by atoms with E-state index in [1.54, 1.807) is 34.0 Å². The van der Waals surface area contributed by atoms with E-state index in [0.29, 0.717) is 30.9 Å². The number of nitrogens with one attached hydrogen (secondary N) is 1. The molecule has 5 rings (SSSR count). The number of alkyl carbamates (subject to hydrolysis) is 1. The number of aliphatic hydroxyl groups is 1. The third kappa shape index (κ3) is 6.27. The molecule has 0 saturated carbocycles. The first-order chi connectivity index (χ1) is 22.0. The summed E-state index contributed by atoms with van der Waals surface area (Å²) in [7, 11) is 3.56. The van der Waals surface area contributed by atoms with Gasteiger partial charge in [0.2, 0.25) is 0 Å². The second-order valence-corrected chi connectivity index (χ2v) is 14.3. The molecule has 0 aromatic heterocycles. The molecule has 1 aromatic rings. The van der Waals surface area contributed by atoms with Gasteiger partial charge in [0.15, 0.2) is 23.7 Å². The quantitative estimate of drug-likeness (QED) is 0.280. The summed E-state index contributed by atoms with van der Waals surface area (Å²) in [4.78, 5) is 53.6. The van der Waals surface area contributed by atoms with Gasteiger partial charge in [0.1, 0.15) is 17.4 Å². The minimum atomic E-state index is -1.41. The number of amides is 1. The maximum absolute atomic E-state index is 13.4. The number of carbonyl (C=O) groups is 4. The molecule has 258 valence electrons. The monoisotopic (exact) mass is 658 g/mol. The van der Waals surface area contributed by atoms with Gasteiger partial charge in [-0.2, -0.15) is 0 Å². The lowest BCUT2D eigenvalue weighted by molar-refractivity contribution is -0.175. The number of likely N-dealkylation sites (tertiary alicyclic amines) is 1. The van der Waals surface area contributed by atoms with Crippen molar-refractivity contribution >= 4 is 24.0 Å². The Morgan fingerprint density at radius 3 is 2.53 bits per heavy atom. The smallest absolute Gasteiger partial charge is 0.408 e. The van der Waals surface area contributed by atoms with Gasteiger partial charge in [-0.15, -0.1) is 0 Å². The maximum atomic E-state index is 13.4. The first-order valence-electron chi connectivity index (χ1n) is 16.1. The number of hydrogen-bond acceptors (Lipinski definition) is 12. The summed E-state index contributed by atoms with van der Waals surface area (Å²) in [5.41, 5.74) is -0.947. The summed E-state index contributed by atoms with van der Waals surface area (Å²) in [6.45, 7) is 10.8. The van der Waals surface area contributed by atoms with E-state index >= 15 is 0 Å². The van der Waals surface area contributed by atoms with Crippen LogP contribution in [0.15, 0.2) is 24.0 Å². The fourth-order valence-electron chi connectivity index (χ4n) is 7.24. The molecule has 0 radical (unpaired) electrons. The molecule has 47 heavy (non-hydrogen) atoms. The van der Waals surface area contributed by atoms with Crippen molar-refractivity contribution in [1.82, 2.24) is 10.2 Å². The number of methoxy groups -OCH3 is 1. The van der Waals surface area contributed by atoms with Crippen LogP contribution in [-0.4, -0.2) is 96.8 Å². The van der Waals surface area contributed by atoms with E-state index in [4.69, 9.17) is 28.4 Å². The van der Waals surface area contributed by atoms with Gasteiger partial charge in [-0.1, -0.05) is 19.9 Å². The largest absolute Gasteiger partial charge is 0.493 e. The molecular formula is C34H46N2O11. The van der Waals surface area contributed by atoms with E-state index < -0.39 is 65.3 Å². The van der Waals surface area contributed by atoms with Gasteiger partial charge >= 0.3 is 24.0 Å². The van der Waals surface area contributed by atoms with Gasteiger partial charge in [0.05, 0.1) is 31.2 Å². The van der Waals surface area contributed by atoms with Crippen LogP contribution in [0.5, 0.6) is 11.5 Å². The molecule has 6 atom stereocenters. The van der Waals surface area contributed by atoms with Crippen LogP contribution in [0.2, 0.25) is 0 Å². The number of nitrogens with zero attached hydrogens (tertiary/aromatic N) is 1. The topological polar surface area (TPSA) is 159 Å². The Morgan fingerprint density at radius 2 is 1.87 bits per heavy atom. The Kier molecular flexibility index (Phi) is 9.28. The molecule has 1 aromatic carbocycles. The average molecular weight is 659 g/mol. The van der Waals surface area contributed by atoms with Gasteiger partial charge in [-0.25, -0.2) is 14.4 Å². The van der Waals surface area contributed by atoms with Crippen LogP contribution in [-0.2, 0) is 45.2 Å². The number of esters is 3. The molecule has 1 amide bonds. The fraction of sp³-hybridized carbons (Fsp3) is 0.647. The second-order valence-electron chi connectivity index (χ2n) is 14.3. The zero-order valence-electron chi connectivity index (χ0n) is 28.3. The molecule has 1 saturated heterocycles. The Labute approximate surface area is 274 Å². The molecule has 2 bridgehead atoms. The zero-order valence-corrected chi connectivity index (χ0v) is 28.3. The highest BCUT2D eigenvalue weighted by molar-refractivity contribution is 5.87. The summed E-state index contributed by atoms with van der Waals surface area (Å²) in [6.07, 6.45) is -0.598. The fourth-order valence-corrected chi connectivity index (χ4v) is 7.24. The molecule has 0 unspecified atom stereocenters. The maximum Gasteiger partial charge on any atom is 0.408 e. The van der Waals surface area contributed by atoms with Crippen molar-refractivity contribution in [3.63, 3.8) is 0 Å². The number of likely N-dealkylation sites (N-methyl/N-ethyl adjacent to an activating group) is 1. The highest BCUT2D eigenvalue weighted by Gasteiger charge is 2.72. The summed E-state index contributed by atoms with van der Waals surface area (Å²) >= 11 is 0. The molecule has 2 aliphatic carbocycles. The van der Waals surface area contributed by atoms with Crippen molar-refractivity contribution in [3.8, 4) is 11.5 Å². The standard InChI is InChI=1S/C34H46N2O11/c1-18(2)17-43-30(39)21(35-31(40)47-32(4,5)6)16-25(37)44-19(3)29(38)45-23-11-12-34(41)24-15-20-9-10-22(42-8)27-26(20)33(34,28(23)46-27)13-14-36(24)7/h9-11,18-19,21,24,28,41H,12-17H2,1-8H3,(H,35,40)/t19-,21-,24+,28-,33-,34+/m0/s1. The van der Waals surface area contributed by atoms with Crippen LogP contribution in [0.25, 0.3) is 0 Å². The molecule has 2 N–H and O–H groups in total. The molecule has 1 fully saturated rings. The van der Waals surface area contributed by atoms with E-state index in [1.807, 2.05) is 33.0 Å². The predicted octanol–water partition coefficient (Wildman–Crippen LogP) is 2.93. The zero-order chi connectivity index (χ0) is 34.5. The molecule has 1 spiro atoms. The van der Waals surface area contributed by atoms with Crippen LogP contribution >= 0.6 is 0 Å². The highest BCUT2D eigenvalue weighted by atomic mass is 16.6. The van der Waals surface area contributed by atoms with E-state index in [2.05, 4.69) is 10.2 Å². The number of rotatable bonds is 10.